The summed E-state index contributed by atoms with van der Waals surface area (Å²) in [4.78, 5) is 18.0. The predicted molar refractivity (Wildman–Crippen MR) is 97.1 cm³/mol. The van der Waals surface area contributed by atoms with Gasteiger partial charge in [-0.25, -0.2) is 0 Å². The number of hydrogen-bond donors (Lipinski definition) is 1. The van der Waals surface area contributed by atoms with E-state index < -0.39 is 0 Å². The number of anilines is 3. The summed E-state index contributed by atoms with van der Waals surface area (Å²) in [5, 5.41) is 11.8. The molecular weight excluding hydrogens is 316 g/mol. The third-order valence-corrected chi connectivity index (χ3v) is 4.02. The minimum Gasteiger partial charge on any atom is -0.329 e. The number of hydrogen-bond acceptors (Lipinski definition) is 5. The Morgan fingerprint density at radius 2 is 1.96 bits per heavy atom. The highest BCUT2D eigenvalue weighted by atomic mass is 16.1. The molecule has 0 radical (unpaired) electrons. The van der Waals surface area contributed by atoms with Crippen molar-refractivity contribution < 1.29 is 4.79 Å². The smallest absolute Gasteiger partial charge is 0.257 e. The highest BCUT2D eigenvalue weighted by Crippen LogP contribution is 2.31. The summed E-state index contributed by atoms with van der Waals surface area (Å²) in [5.74, 6) is 1.16. The van der Waals surface area contributed by atoms with Gasteiger partial charge in [0.1, 0.15) is 12.1 Å². The van der Waals surface area contributed by atoms with Crippen LogP contribution in [0.3, 0.4) is 0 Å². The lowest BCUT2D eigenvalue weighted by Crippen LogP contribution is -2.13. The number of rotatable bonds is 3. The maximum absolute atomic E-state index is 11.4. The number of amides is 1. The molecule has 2 heterocycles. The number of aromatic nitrogens is 4. The van der Waals surface area contributed by atoms with Crippen molar-refractivity contribution in [3.8, 4) is 0 Å². The van der Waals surface area contributed by atoms with Crippen LogP contribution in [-0.4, -0.2) is 32.5 Å². The molecule has 124 valence electrons. The summed E-state index contributed by atoms with van der Waals surface area (Å²) in [6.07, 6.45) is 1.62. The molecular formula is C18H16N6O. The molecule has 0 aliphatic carbocycles. The van der Waals surface area contributed by atoms with Gasteiger partial charge in [0.2, 0.25) is 5.91 Å². The molecule has 2 aromatic heterocycles. The van der Waals surface area contributed by atoms with Crippen LogP contribution in [0.5, 0.6) is 0 Å². The van der Waals surface area contributed by atoms with Crippen LogP contribution in [0.2, 0.25) is 0 Å². The zero-order valence-corrected chi connectivity index (χ0v) is 13.8. The summed E-state index contributed by atoms with van der Waals surface area (Å²) >= 11 is 0. The van der Waals surface area contributed by atoms with Crippen molar-refractivity contribution in [2.45, 2.75) is 6.92 Å². The van der Waals surface area contributed by atoms with E-state index in [-0.39, 0.29) is 5.91 Å². The van der Waals surface area contributed by atoms with E-state index in [1.54, 1.807) is 6.33 Å². The van der Waals surface area contributed by atoms with Crippen LogP contribution in [-0.2, 0) is 4.79 Å². The van der Waals surface area contributed by atoms with Gasteiger partial charge < -0.3 is 10.2 Å². The van der Waals surface area contributed by atoms with Gasteiger partial charge in [0.05, 0.1) is 5.52 Å². The fraction of sp³-hybridized carbons (Fsp3) is 0.111. The highest BCUT2D eigenvalue weighted by molar-refractivity contribution is 5.97. The number of nitrogens with zero attached hydrogens (tertiary/aromatic N) is 5. The number of carbonyl (C=O) groups excluding carboxylic acids is 1. The Morgan fingerprint density at radius 1 is 1.16 bits per heavy atom. The van der Waals surface area contributed by atoms with Gasteiger partial charge in [-0.15, -0.1) is 10.2 Å². The first-order valence-corrected chi connectivity index (χ1v) is 7.83. The van der Waals surface area contributed by atoms with Crippen molar-refractivity contribution in [2.24, 2.45) is 0 Å². The number of carbonyl (C=O) groups is 1. The molecule has 0 aliphatic heterocycles. The first-order chi connectivity index (χ1) is 12.1. The second-order valence-electron chi connectivity index (χ2n) is 5.74. The molecule has 1 N–H and O–H groups in total. The lowest BCUT2D eigenvalue weighted by molar-refractivity contribution is -0.114. The normalized spacial score (nSPS) is 11.0. The second-order valence-corrected chi connectivity index (χ2v) is 5.74. The van der Waals surface area contributed by atoms with Crippen molar-refractivity contribution in [3.63, 3.8) is 0 Å². The number of para-hydroxylation sites is 1. The quantitative estimate of drug-likeness (QED) is 0.624. The second kappa shape index (κ2) is 5.86. The van der Waals surface area contributed by atoms with Crippen molar-refractivity contribution in [1.82, 2.24) is 19.6 Å². The molecule has 0 saturated carbocycles. The first-order valence-electron chi connectivity index (χ1n) is 7.83. The van der Waals surface area contributed by atoms with Crippen LogP contribution < -0.4 is 10.2 Å². The standard InChI is InChI=1S/C18H16N6O/c1-12(25)20-13-8-9-15-16(10-13)24-11-19-22-18(24)21-17(15)23(2)14-6-4-3-5-7-14/h3-11H,1-2H3,(H,20,25). The lowest BCUT2D eigenvalue weighted by atomic mass is 10.2. The van der Waals surface area contributed by atoms with Gasteiger partial charge in [-0.05, 0) is 30.3 Å². The fourth-order valence-electron chi connectivity index (χ4n) is 2.86. The summed E-state index contributed by atoms with van der Waals surface area (Å²) in [6.45, 7) is 1.49. The van der Waals surface area contributed by atoms with Crippen molar-refractivity contribution in [2.75, 3.05) is 17.3 Å². The van der Waals surface area contributed by atoms with E-state index >= 15 is 0 Å². The minimum atomic E-state index is -0.116. The van der Waals surface area contributed by atoms with Crippen molar-refractivity contribution >= 4 is 39.8 Å². The third-order valence-electron chi connectivity index (χ3n) is 4.02. The average molecular weight is 332 g/mol. The van der Waals surface area contributed by atoms with Crippen LogP contribution in [0.4, 0.5) is 17.2 Å². The van der Waals surface area contributed by atoms with E-state index in [0.717, 1.165) is 28.1 Å². The van der Waals surface area contributed by atoms with Crippen LogP contribution in [0.15, 0.2) is 54.9 Å². The van der Waals surface area contributed by atoms with Gasteiger partial charge in [-0.1, -0.05) is 18.2 Å². The van der Waals surface area contributed by atoms with Gasteiger partial charge in [-0.2, -0.15) is 4.98 Å². The molecule has 2 aromatic carbocycles. The van der Waals surface area contributed by atoms with Crippen molar-refractivity contribution in [3.05, 3.63) is 54.9 Å². The third kappa shape index (κ3) is 2.65. The predicted octanol–water partition coefficient (Wildman–Crippen LogP) is 3.00. The molecule has 0 fully saturated rings. The molecule has 0 atom stereocenters. The molecule has 4 aromatic rings. The van der Waals surface area contributed by atoms with Gasteiger partial charge in [-0.3, -0.25) is 9.20 Å². The molecule has 4 rings (SSSR count). The van der Waals surface area contributed by atoms with E-state index in [4.69, 9.17) is 0 Å². The molecule has 7 nitrogen and oxygen atoms in total. The maximum Gasteiger partial charge on any atom is 0.257 e. The van der Waals surface area contributed by atoms with E-state index in [1.165, 1.54) is 6.92 Å². The van der Waals surface area contributed by atoms with Crippen LogP contribution in [0.25, 0.3) is 16.7 Å². The first kappa shape index (κ1) is 15.1. The van der Waals surface area contributed by atoms with E-state index in [2.05, 4.69) is 20.5 Å². The Hall–Kier alpha value is -3.48. The van der Waals surface area contributed by atoms with Crippen LogP contribution >= 0.6 is 0 Å². The van der Waals surface area contributed by atoms with Gasteiger partial charge in [0.25, 0.3) is 5.78 Å². The zero-order valence-electron chi connectivity index (χ0n) is 13.8. The molecule has 1 amide bonds. The SMILES string of the molecule is CC(=O)Nc1ccc2c(N(C)c3ccccc3)nc3nncn3c2c1. The molecule has 0 spiro atoms. The number of fused-ring (bicyclic) bond motifs is 3. The molecule has 7 heteroatoms. The Balaban J connectivity index is 1.95. The van der Waals surface area contributed by atoms with Crippen LogP contribution in [0.1, 0.15) is 6.92 Å². The molecule has 0 saturated heterocycles. The van der Waals surface area contributed by atoms with E-state index in [0.29, 0.717) is 5.78 Å². The maximum atomic E-state index is 11.4. The molecule has 0 unspecified atom stereocenters. The van der Waals surface area contributed by atoms with Crippen LogP contribution in [0, 0.1) is 0 Å². The number of nitrogens with one attached hydrogen (secondary N) is 1. The zero-order chi connectivity index (χ0) is 17.4. The fourth-order valence-corrected chi connectivity index (χ4v) is 2.86. The topological polar surface area (TPSA) is 75.4 Å². The lowest BCUT2D eigenvalue weighted by Gasteiger charge is -2.20. The summed E-state index contributed by atoms with van der Waals surface area (Å²) in [5.41, 5.74) is 2.61. The van der Waals surface area contributed by atoms with Gasteiger partial charge >= 0.3 is 0 Å². The summed E-state index contributed by atoms with van der Waals surface area (Å²) in [7, 11) is 1.96. The highest BCUT2D eigenvalue weighted by Gasteiger charge is 2.15. The van der Waals surface area contributed by atoms with E-state index in [1.807, 2.05) is 64.9 Å². The monoisotopic (exact) mass is 332 g/mol. The van der Waals surface area contributed by atoms with Gasteiger partial charge in [0.15, 0.2) is 0 Å². The van der Waals surface area contributed by atoms with E-state index in [9.17, 15) is 4.79 Å². The Bertz CT molecular complexity index is 1070. The summed E-state index contributed by atoms with van der Waals surface area (Å²) in [6, 6.07) is 15.7. The van der Waals surface area contributed by atoms with Gasteiger partial charge in [0, 0.05) is 30.7 Å². The largest absolute Gasteiger partial charge is 0.329 e. The molecule has 0 aliphatic rings. The minimum absolute atomic E-state index is 0.116. The Morgan fingerprint density at radius 3 is 2.72 bits per heavy atom. The summed E-state index contributed by atoms with van der Waals surface area (Å²) < 4.78 is 1.81. The molecule has 25 heavy (non-hydrogen) atoms. The number of benzene rings is 2. The Labute approximate surface area is 143 Å². The Kier molecular flexibility index (Phi) is 3.53. The van der Waals surface area contributed by atoms with Crippen molar-refractivity contribution in [1.29, 1.82) is 0 Å². The molecule has 0 bridgehead atoms. The average Bonchev–Trinajstić information content (AvgIpc) is 3.09.